The van der Waals surface area contributed by atoms with E-state index in [1.807, 2.05) is 24.3 Å². The number of benzene rings is 2. The fourth-order valence-corrected chi connectivity index (χ4v) is 2.04. The molecule has 0 heterocycles. The van der Waals surface area contributed by atoms with Crippen LogP contribution < -0.4 is 11.1 Å². The van der Waals surface area contributed by atoms with Gasteiger partial charge in [-0.15, -0.1) is 0 Å². The molecule has 0 saturated heterocycles. The maximum absolute atomic E-state index is 12.1. The summed E-state index contributed by atoms with van der Waals surface area (Å²) in [7, 11) is 0. The minimum atomic E-state index is -0.524. The van der Waals surface area contributed by atoms with Crippen molar-refractivity contribution in [2.24, 2.45) is 5.73 Å². The first kappa shape index (κ1) is 14.7. The number of nitrogens with one attached hydrogen (secondary N) is 1. The Bertz CT molecular complexity index is 671. The third kappa shape index (κ3) is 3.64. The predicted octanol–water partition coefficient (Wildman–Crippen LogP) is 2.23. The van der Waals surface area contributed by atoms with Gasteiger partial charge in [0.1, 0.15) is 5.69 Å². The van der Waals surface area contributed by atoms with Crippen molar-refractivity contribution in [3.05, 3.63) is 69.8 Å². The largest absolute Gasteiger partial charge is 0.326 e. The molecule has 0 saturated carbocycles. The van der Waals surface area contributed by atoms with Crippen molar-refractivity contribution in [3.63, 3.8) is 0 Å². The molecule has 2 aromatic carbocycles. The predicted molar refractivity (Wildman–Crippen MR) is 79.8 cm³/mol. The van der Waals surface area contributed by atoms with Gasteiger partial charge in [-0.05, 0) is 17.2 Å². The summed E-state index contributed by atoms with van der Waals surface area (Å²) in [5.74, 6) is -0.315. The summed E-state index contributed by atoms with van der Waals surface area (Å²) in [6.07, 6.45) is 0.124. The Hall–Kier alpha value is -2.73. The number of nitro groups is 1. The van der Waals surface area contributed by atoms with Crippen molar-refractivity contribution in [1.82, 2.24) is 0 Å². The van der Waals surface area contributed by atoms with E-state index >= 15 is 0 Å². The number of rotatable bonds is 5. The van der Waals surface area contributed by atoms with Crippen LogP contribution in [0.2, 0.25) is 0 Å². The molecule has 0 radical (unpaired) electrons. The average molecular weight is 285 g/mol. The Kier molecular flexibility index (Phi) is 4.63. The molecule has 0 spiro atoms. The summed E-state index contributed by atoms with van der Waals surface area (Å²) in [5.41, 5.74) is 7.39. The molecule has 0 atom stereocenters. The Morgan fingerprint density at radius 1 is 1.10 bits per heavy atom. The monoisotopic (exact) mass is 285 g/mol. The molecule has 1 amide bonds. The van der Waals surface area contributed by atoms with Gasteiger partial charge in [0.05, 0.1) is 11.3 Å². The van der Waals surface area contributed by atoms with Crippen LogP contribution in [-0.4, -0.2) is 10.8 Å². The second-order valence-electron chi connectivity index (χ2n) is 4.47. The van der Waals surface area contributed by atoms with Crippen LogP contribution in [0.4, 0.5) is 11.4 Å². The highest BCUT2D eigenvalue weighted by Gasteiger charge is 2.15. The second kappa shape index (κ2) is 6.62. The molecule has 6 nitrogen and oxygen atoms in total. The number of hydrogen-bond donors (Lipinski definition) is 2. The van der Waals surface area contributed by atoms with Gasteiger partial charge < -0.3 is 11.1 Å². The maximum atomic E-state index is 12.1. The molecule has 2 rings (SSSR count). The molecular formula is C15H15N3O3. The van der Waals surface area contributed by atoms with Crippen molar-refractivity contribution >= 4 is 17.3 Å². The number of carbonyl (C=O) groups excluding carboxylic acids is 1. The molecular weight excluding hydrogens is 270 g/mol. The Morgan fingerprint density at radius 2 is 1.71 bits per heavy atom. The number of nitrogens with zero attached hydrogens (tertiary/aromatic N) is 1. The first-order valence-corrected chi connectivity index (χ1v) is 6.42. The van der Waals surface area contributed by atoms with E-state index < -0.39 is 4.92 Å². The van der Waals surface area contributed by atoms with Crippen molar-refractivity contribution in [3.8, 4) is 0 Å². The Morgan fingerprint density at radius 3 is 2.38 bits per heavy atom. The molecule has 21 heavy (non-hydrogen) atoms. The number of carbonyl (C=O) groups is 1. The van der Waals surface area contributed by atoms with Gasteiger partial charge in [0.2, 0.25) is 5.91 Å². The number of anilines is 1. The van der Waals surface area contributed by atoms with E-state index in [0.29, 0.717) is 6.54 Å². The van der Waals surface area contributed by atoms with Gasteiger partial charge in [-0.3, -0.25) is 14.9 Å². The van der Waals surface area contributed by atoms with Gasteiger partial charge in [0.25, 0.3) is 5.69 Å². The standard InChI is InChI=1S/C15H15N3O3/c16-10-12-6-2-1-5-11(12)9-15(19)17-13-7-3-4-8-14(13)18(20)21/h1-8H,9-10,16H2,(H,17,19). The zero-order valence-corrected chi connectivity index (χ0v) is 11.3. The smallest absolute Gasteiger partial charge is 0.292 e. The van der Waals surface area contributed by atoms with Gasteiger partial charge in [0, 0.05) is 12.6 Å². The van der Waals surface area contributed by atoms with Crippen molar-refractivity contribution < 1.29 is 9.72 Å². The second-order valence-corrected chi connectivity index (χ2v) is 4.47. The highest BCUT2D eigenvalue weighted by molar-refractivity contribution is 5.94. The minimum absolute atomic E-state index is 0.124. The van der Waals surface area contributed by atoms with Crippen molar-refractivity contribution in [2.75, 3.05) is 5.32 Å². The van der Waals surface area contributed by atoms with Crippen LogP contribution in [0.5, 0.6) is 0 Å². The van der Waals surface area contributed by atoms with E-state index in [1.54, 1.807) is 12.1 Å². The first-order valence-electron chi connectivity index (χ1n) is 6.42. The summed E-state index contributed by atoms with van der Waals surface area (Å²) in [6.45, 7) is 0.342. The fourth-order valence-electron chi connectivity index (χ4n) is 2.04. The highest BCUT2D eigenvalue weighted by atomic mass is 16.6. The molecule has 0 bridgehead atoms. The van der Waals surface area contributed by atoms with Crippen molar-refractivity contribution in [2.45, 2.75) is 13.0 Å². The van der Waals surface area contributed by atoms with Gasteiger partial charge in [0.15, 0.2) is 0 Å². The third-order valence-corrected chi connectivity index (χ3v) is 3.06. The lowest BCUT2D eigenvalue weighted by atomic mass is 10.0. The molecule has 108 valence electrons. The van der Waals surface area contributed by atoms with Gasteiger partial charge in [-0.2, -0.15) is 0 Å². The molecule has 0 aliphatic carbocycles. The van der Waals surface area contributed by atoms with Crippen LogP contribution >= 0.6 is 0 Å². The maximum Gasteiger partial charge on any atom is 0.292 e. The number of para-hydroxylation sites is 2. The number of nitro benzene ring substituents is 1. The van der Waals surface area contributed by atoms with Crippen LogP contribution in [0, 0.1) is 10.1 Å². The summed E-state index contributed by atoms with van der Waals surface area (Å²) < 4.78 is 0. The first-order chi connectivity index (χ1) is 10.1. The zero-order chi connectivity index (χ0) is 15.2. The molecule has 0 aromatic heterocycles. The van der Waals surface area contributed by atoms with E-state index in [-0.39, 0.29) is 23.7 Å². The number of amides is 1. The van der Waals surface area contributed by atoms with Gasteiger partial charge in [-0.1, -0.05) is 36.4 Å². The molecule has 2 aromatic rings. The summed E-state index contributed by atoms with van der Waals surface area (Å²) in [4.78, 5) is 22.4. The van der Waals surface area contributed by atoms with E-state index in [0.717, 1.165) is 11.1 Å². The van der Waals surface area contributed by atoms with Gasteiger partial charge in [-0.25, -0.2) is 0 Å². The SMILES string of the molecule is NCc1ccccc1CC(=O)Nc1ccccc1[N+](=O)[O-]. The van der Waals surface area contributed by atoms with Crippen LogP contribution in [0.3, 0.4) is 0 Å². The molecule has 6 heteroatoms. The van der Waals surface area contributed by atoms with Gasteiger partial charge >= 0.3 is 0 Å². The lowest BCUT2D eigenvalue weighted by Crippen LogP contribution is -2.16. The van der Waals surface area contributed by atoms with E-state index in [4.69, 9.17) is 5.73 Å². The molecule has 0 aliphatic heterocycles. The Balaban J connectivity index is 2.14. The normalized spacial score (nSPS) is 10.1. The lowest BCUT2D eigenvalue weighted by Gasteiger charge is -2.08. The Labute approximate surface area is 121 Å². The molecule has 0 fully saturated rings. The van der Waals surface area contributed by atoms with Crippen LogP contribution in [0.1, 0.15) is 11.1 Å². The average Bonchev–Trinajstić information content (AvgIpc) is 2.48. The number of nitrogens with two attached hydrogens (primary N) is 1. The molecule has 3 N–H and O–H groups in total. The molecule has 0 aliphatic rings. The van der Waals surface area contributed by atoms with Crippen LogP contribution in [-0.2, 0) is 17.8 Å². The zero-order valence-electron chi connectivity index (χ0n) is 11.3. The quantitative estimate of drug-likeness (QED) is 0.650. The van der Waals surface area contributed by atoms with E-state index in [1.165, 1.54) is 12.1 Å². The fraction of sp³-hybridized carbons (Fsp3) is 0.133. The minimum Gasteiger partial charge on any atom is -0.326 e. The summed E-state index contributed by atoms with van der Waals surface area (Å²) >= 11 is 0. The highest BCUT2D eigenvalue weighted by Crippen LogP contribution is 2.23. The topological polar surface area (TPSA) is 98.3 Å². The van der Waals surface area contributed by atoms with Crippen LogP contribution in [0.25, 0.3) is 0 Å². The van der Waals surface area contributed by atoms with Crippen molar-refractivity contribution in [1.29, 1.82) is 0 Å². The summed E-state index contributed by atoms with van der Waals surface area (Å²) in [6, 6.07) is 13.4. The van der Waals surface area contributed by atoms with E-state index in [9.17, 15) is 14.9 Å². The summed E-state index contributed by atoms with van der Waals surface area (Å²) in [5, 5.41) is 13.5. The van der Waals surface area contributed by atoms with E-state index in [2.05, 4.69) is 5.32 Å². The third-order valence-electron chi connectivity index (χ3n) is 3.06. The number of hydrogen-bond acceptors (Lipinski definition) is 4. The van der Waals surface area contributed by atoms with Crippen LogP contribution in [0.15, 0.2) is 48.5 Å². The lowest BCUT2D eigenvalue weighted by molar-refractivity contribution is -0.383. The molecule has 0 unspecified atom stereocenters.